The minimum atomic E-state index is -0.110. The van der Waals surface area contributed by atoms with Crippen molar-refractivity contribution in [3.8, 4) is 5.75 Å². The van der Waals surface area contributed by atoms with Crippen LogP contribution in [0.3, 0.4) is 0 Å². The molecule has 1 amide bonds. The Bertz CT molecular complexity index is 723. The van der Waals surface area contributed by atoms with Gasteiger partial charge in [-0.15, -0.1) is 11.3 Å². The molecule has 134 valence electrons. The average molecular weight is 359 g/mol. The van der Waals surface area contributed by atoms with Gasteiger partial charge in [0.05, 0.1) is 12.1 Å². The third-order valence-electron chi connectivity index (χ3n) is 4.97. The lowest BCUT2D eigenvalue weighted by molar-refractivity contribution is 0.0938. The van der Waals surface area contributed by atoms with Gasteiger partial charge in [0.25, 0.3) is 5.91 Å². The molecule has 1 aromatic carbocycles. The van der Waals surface area contributed by atoms with E-state index in [9.17, 15) is 4.79 Å². The third-order valence-corrected chi connectivity index (χ3v) is 5.88. The summed E-state index contributed by atoms with van der Waals surface area (Å²) in [4.78, 5) is 16.9. The quantitative estimate of drug-likeness (QED) is 0.797. The molecule has 1 heterocycles. The van der Waals surface area contributed by atoms with Gasteiger partial charge in [-0.05, 0) is 25.5 Å². The highest BCUT2D eigenvalue weighted by molar-refractivity contribution is 7.09. The fourth-order valence-corrected chi connectivity index (χ4v) is 4.46. The summed E-state index contributed by atoms with van der Waals surface area (Å²) in [5.41, 5.74) is 7.17. The Morgan fingerprint density at radius 2 is 2.12 bits per heavy atom. The van der Waals surface area contributed by atoms with E-state index < -0.39 is 0 Å². The second-order valence-corrected chi connectivity index (χ2v) is 7.48. The number of nitrogens with one attached hydrogen (secondary N) is 1. The third kappa shape index (κ3) is 3.85. The first kappa shape index (κ1) is 17.9. The topological polar surface area (TPSA) is 77.2 Å². The van der Waals surface area contributed by atoms with E-state index in [1.54, 1.807) is 7.11 Å². The zero-order valence-electron chi connectivity index (χ0n) is 14.6. The number of carbonyl (C=O) groups excluding carboxylic acids is 1. The minimum Gasteiger partial charge on any atom is -0.496 e. The predicted octanol–water partition coefficient (Wildman–Crippen LogP) is 2.89. The van der Waals surface area contributed by atoms with E-state index in [-0.39, 0.29) is 11.3 Å². The van der Waals surface area contributed by atoms with Gasteiger partial charge in [-0.2, -0.15) is 0 Å². The molecule has 1 aliphatic rings. The fourth-order valence-electron chi connectivity index (χ4n) is 3.67. The predicted molar refractivity (Wildman–Crippen MR) is 100 cm³/mol. The van der Waals surface area contributed by atoms with E-state index in [0.717, 1.165) is 23.6 Å². The number of aromatic nitrogens is 1. The zero-order valence-corrected chi connectivity index (χ0v) is 15.4. The van der Waals surface area contributed by atoms with Crippen molar-refractivity contribution in [1.82, 2.24) is 10.3 Å². The molecule has 6 heteroatoms. The van der Waals surface area contributed by atoms with Crippen LogP contribution >= 0.6 is 11.3 Å². The molecule has 0 radical (unpaired) electrons. The Morgan fingerprint density at radius 1 is 1.36 bits per heavy atom. The molecule has 3 N–H and O–H groups in total. The highest BCUT2D eigenvalue weighted by Crippen LogP contribution is 2.44. The van der Waals surface area contributed by atoms with E-state index in [1.807, 2.05) is 23.6 Å². The van der Waals surface area contributed by atoms with Gasteiger partial charge >= 0.3 is 0 Å². The molecule has 2 aromatic rings. The van der Waals surface area contributed by atoms with Gasteiger partial charge in [-0.3, -0.25) is 4.79 Å². The normalized spacial score (nSPS) is 15.9. The summed E-state index contributed by atoms with van der Waals surface area (Å²) < 4.78 is 5.57. The lowest BCUT2D eigenvalue weighted by atomic mass is 9.78. The average Bonchev–Trinajstić information content (AvgIpc) is 3.30. The molecular weight excluding hydrogens is 334 g/mol. The molecule has 0 unspecified atom stereocenters. The molecule has 1 aromatic heterocycles. The molecule has 0 atom stereocenters. The summed E-state index contributed by atoms with van der Waals surface area (Å²) in [7, 11) is 1.70. The molecule has 0 spiro atoms. The van der Waals surface area contributed by atoms with Crippen LogP contribution in [0.5, 0.6) is 5.75 Å². The number of amides is 1. The first-order valence-electron chi connectivity index (χ1n) is 8.75. The van der Waals surface area contributed by atoms with Crippen LogP contribution in [0.15, 0.2) is 29.6 Å². The van der Waals surface area contributed by atoms with E-state index >= 15 is 0 Å². The van der Waals surface area contributed by atoms with E-state index in [2.05, 4.69) is 16.4 Å². The number of hydrogen-bond donors (Lipinski definition) is 2. The van der Waals surface area contributed by atoms with Crippen LogP contribution in [0.1, 0.15) is 46.7 Å². The van der Waals surface area contributed by atoms with E-state index in [0.29, 0.717) is 25.2 Å². The summed E-state index contributed by atoms with van der Waals surface area (Å²) in [5.74, 6) is 0.790. The second-order valence-electron chi connectivity index (χ2n) is 6.54. The monoisotopic (exact) mass is 359 g/mol. The van der Waals surface area contributed by atoms with Crippen molar-refractivity contribution >= 4 is 17.2 Å². The van der Waals surface area contributed by atoms with Crippen LogP contribution in [-0.2, 0) is 11.8 Å². The summed E-state index contributed by atoms with van der Waals surface area (Å²) in [5, 5.41) is 5.83. The Morgan fingerprint density at radius 3 is 2.84 bits per heavy atom. The first-order valence-corrected chi connectivity index (χ1v) is 9.63. The number of para-hydroxylation sites is 1. The van der Waals surface area contributed by atoms with Crippen molar-refractivity contribution in [2.24, 2.45) is 5.73 Å². The Balaban J connectivity index is 1.75. The maximum absolute atomic E-state index is 12.5. The van der Waals surface area contributed by atoms with Crippen molar-refractivity contribution in [3.05, 3.63) is 45.9 Å². The summed E-state index contributed by atoms with van der Waals surface area (Å²) in [6, 6.07) is 8.15. The maximum atomic E-state index is 12.5. The standard InChI is InChI=1S/C19H25N3O2S/c1-24-16-7-3-2-6-14(16)19(9-4-5-10-19)13-21-18(23)15-12-25-17(22-15)8-11-20/h2-3,6-7,12H,4-5,8-11,13,20H2,1H3,(H,21,23). The highest BCUT2D eigenvalue weighted by Gasteiger charge is 2.38. The van der Waals surface area contributed by atoms with E-state index in [4.69, 9.17) is 10.5 Å². The number of ether oxygens (including phenoxy) is 1. The fraction of sp³-hybridized carbons (Fsp3) is 0.474. The van der Waals surface area contributed by atoms with Gasteiger partial charge in [-0.1, -0.05) is 31.0 Å². The van der Waals surface area contributed by atoms with Crippen LogP contribution in [0, 0.1) is 0 Å². The molecule has 5 nitrogen and oxygen atoms in total. The maximum Gasteiger partial charge on any atom is 0.270 e. The summed E-state index contributed by atoms with van der Waals surface area (Å²) in [6.07, 6.45) is 5.17. The van der Waals surface area contributed by atoms with Gasteiger partial charge in [0.1, 0.15) is 11.4 Å². The van der Waals surface area contributed by atoms with Gasteiger partial charge in [0, 0.05) is 29.3 Å². The molecule has 3 rings (SSSR count). The highest BCUT2D eigenvalue weighted by atomic mass is 32.1. The van der Waals surface area contributed by atoms with Crippen LogP contribution in [-0.4, -0.2) is 31.1 Å². The van der Waals surface area contributed by atoms with Crippen molar-refractivity contribution < 1.29 is 9.53 Å². The van der Waals surface area contributed by atoms with Crippen molar-refractivity contribution in [2.75, 3.05) is 20.2 Å². The molecule has 25 heavy (non-hydrogen) atoms. The molecule has 1 saturated carbocycles. The molecule has 1 aliphatic carbocycles. The van der Waals surface area contributed by atoms with Crippen molar-refractivity contribution in [3.63, 3.8) is 0 Å². The summed E-state index contributed by atoms with van der Waals surface area (Å²) in [6.45, 7) is 1.15. The largest absolute Gasteiger partial charge is 0.496 e. The van der Waals surface area contributed by atoms with Crippen LogP contribution < -0.4 is 15.8 Å². The number of methoxy groups -OCH3 is 1. The molecular formula is C19H25N3O2S. The second kappa shape index (κ2) is 7.97. The van der Waals surface area contributed by atoms with Crippen LogP contribution in [0.4, 0.5) is 0 Å². The molecule has 1 fully saturated rings. The lowest BCUT2D eigenvalue weighted by Gasteiger charge is -2.31. The van der Waals surface area contributed by atoms with Gasteiger partial charge in [0.2, 0.25) is 0 Å². The summed E-state index contributed by atoms with van der Waals surface area (Å²) >= 11 is 1.49. The van der Waals surface area contributed by atoms with Gasteiger partial charge in [-0.25, -0.2) is 4.98 Å². The number of nitrogens with zero attached hydrogens (tertiary/aromatic N) is 1. The first-order chi connectivity index (χ1) is 12.2. The molecule has 0 aliphatic heterocycles. The van der Waals surface area contributed by atoms with Gasteiger partial charge < -0.3 is 15.8 Å². The van der Waals surface area contributed by atoms with Gasteiger partial charge in [0.15, 0.2) is 0 Å². The SMILES string of the molecule is COc1ccccc1C1(CNC(=O)c2csc(CCN)n2)CCCC1. The lowest BCUT2D eigenvalue weighted by Crippen LogP contribution is -2.39. The number of nitrogens with two attached hydrogens (primary N) is 1. The van der Waals surface area contributed by atoms with Crippen molar-refractivity contribution in [1.29, 1.82) is 0 Å². The minimum absolute atomic E-state index is 0.0572. The van der Waals surface area contributed by atoms with Crippen LogP contribution in [0.2, 0.25) is 0 Å². The van der Waals surface area contributed by atoms with Crippen molar-refractivity contribution in [2.45, 2.75) is 37.5 Å². The van der Waals surface area contributed by atoms with Crippen LogP contribution in [0.25, 0.3) is 0 Å². The number of thiazole rings is 1. The number of hydrogen-bond acceptors (Lipinski definition) is 5. The number of carbonyl (C=O) groups is 1. The van der Waals surface area contributed by atoms with E-state index in [1.165, 1.54) is 29.7 Å². The number of rotatable bonds is 7. The zero-order chi connectivity index (χ0) is 17.7. The Labute approximate surface area is 152 Å². The Hall–Kier alpha value is -1.92. The molecule has 0 bridgehead atoms. The number of benzene rings is 1. The molecule has 0 saturated heterocycles. The smallest absolute Gasteiger partial charge is 0.270 e. The Kier molecular flexibility index (Phi) is 5.71.